The second-order valence-electron chi connectivity index (χ2n) is 2.48. The number of nitrogens with zero attached hydrogens (tertiary/aromatic N) is 1. The summed E-state index contributed by atoms with van der Waals surface area (Å²) < 4.78 is 12.8. The molecule has 1 aromatic carbocycles. The summed E-state index contributed by atoms with van der Waals surface area (Å²) in [5.74, 6) is -0.480. The Morgan fingerprint density at radius 2 is 2.00 bits per heavy atom. The predicted molar refractivity (Wildman–Crippen MR) is 46.0 cm³/mol. The van der Waals surface area contributed by atoms with Crippen LogP contribution in [-0.2, 0) is 11.2 Å². The molecule has 0 fully saturated rings. The number of anilines is 1. The minimum Gasteiger partial charge on any atom is -0.272 e. The summed E-state index contributed by atoms with van der Waals surface area (Å²) in [4.78, 5) is 10.8. The van der Waals surface area contributed by atoms with Crippen molar-refractivity contribution in [3.8, 4) is 0 Å². The molecule has 4 heteroatoms. The van der Waals surface area contributed by atoms with Gasteiger partial charge in [0, 0.05) is 0 Å². The number of carbonyl (C=O) groups excluding carboxylic acids is 1. The second kappa shape index (κ2) is 3.11. The monoisotopic (exact) mass is 187 g/mol. The molecule has 1 aromatic rings. The maximum atomic E-state index is 12.8. The van der Waals surface area contributed by atoms with Crippen LogP contribution >= 0.6 is 12.4 Å². The second-order valence-corrected chi connectivity index (χ2v) is 2.48. The van der Waals surface area contributed by atoms with Crippen LogP contribution in [0.3, 0.4) is 0 Å². The average molecular weight is 188 g/mol. The molecular formula is C8H7ClFNO. The third-order valence-electron chi connectivity index (χ3n) is 1.76. The van der Waals surface area contributed by atoms with Crippen molar-refractivity contribution in [2.75, 3.05) is 5.12 Å². The lowest BCUT2D eigenvalue weighted by molar-refractivity contribution is -0.119. The van der Waals surface area contributed by atoms with Gasteiger partial charge in [-0.2, -0.15) is 0 Å². The van der Waals surface area contributed by atoms with Crippen molar-refractivity contribution >= 4 is 24.0 Å². The predicted octanol–water partition coefficient (Wildman–Crippen LogP) is 1.88. The zero-order chi connectivity index (χ0) is 7.84. The van der Waals surface area contributed by atoms with Gasteiger partial charge in [-0.05, 0) is 11.6 Å². The maximum Gasteiger partial charge on any atom is 0.259 e. The van der Waals surface area contributed by atoms with Gasteiger partial charge in [-0.15, -0.1) is 17.5 Å². The number of benzene rings is 1. The highest BCUT2D eigenvalue weighted by molar-refractivity contribution is 5.99. The molecule has 1 aliphatic rings. The molecule has 0 bridgehead atoms. The minimum absolute atomic E-state index is 0. The van der Waals surface area contributed by atoms with E-state index in [9.17, 15) is 9.28 Å². The van der Waals surface area contributed by atoms with E-state index in [0.29, 0.717) is 5.69 Å². The molecule has 0 N–H and O–H groups in total. The van der Waals surface area contributed by atoms with Gasteiger partial charge in [-0.1, -0.05) is 22.7 Å². The fourth-order valence-corrected chi connectivity index (χ4v) is 1.22. The lowest BCUT2D eigenvalue weighted by Crippen LogP contribution is -2.15. The Kier molecular flexibility index (Phi) is 2.33. The summed E-state index contributed by atoms with van der Waals surface area (Å²) in [7, 11) is 0. The Hall–Kier alpha value is -1.09. The summed E-state index contributed by atoms with van der Waals surface area (Å²) in [6.45, 7) is 0. The van der Waals surface area contributed by atoms with E-state index in [-0.39, 0.29) is 23.9 Å². The van der Waals surface area contributed by atoms with Crippen molar-refractivity contribution in [3.05, 3.63) is 29.8 Å². The molecule has 0 saturated carbocycles. The van der Waals surface area contributed by atoms with Crippen molar-refractivity contribution in [2.45, 2.75) is 6.42 Å². The molecule has 0 aliphatic carbocycles. The van der Waals surface area contributed by atoms with E-state index in [2.05, 4.69) is 0 Å². The quantitative estimate of drug-likeness (QED) is 0.568. The Balaban J connectivity index is 0.000000720. The first-order chi connectivity index (χ1) is 5.29. The van der Waals surface area contributed by atoms with E-state index in [1.165, 1.54) is 0 Å². The molecule has 12 heavy (non-hydrogen) atoms. The first-order valence-corrected chi connectivity index (χ1v) is 3.35. The number of para-hydroxylation sites is 1. The van der Waals surface area contributed by atoms with Gasteiger partial charge in [0.2, 0.25) is 0 Å². The van der Waals surface area contributed by atoms with Crippen LogP contribution in [0.5, 0.6) is 0 Å². The minimum atomic E-state index is -0.480. The molecule has 0 aromatic heterocycles. The Morgan fingerprint density at radius 3 is 2.67 bits per heavy atom. The van der Waals surface area contributed by atoms with Gasteiger partial charge in [-0.3, -0.25) is 4.79 Å². The Labute approximate surface area is 75.3 Å². The Bertz CT molecular complexity index is 316. The van der Waals surface area contributed by atoms with Gasteiger partial charge < -0.3 is 0 Å². The van der Waals surface area contributed by atoms with E-state index >= 15 is 0 Å². The van der Waals surface area contributed by atoms with Gasteiger partial charge in [0.25, 0.3) is 5.91 Å². The molecule has 1 aliphatic heterocycles. The molecule has 2 rings (SSSR count). The molecule has 0 saturated heterocycles. The van der Waals surface area contributed by atoms with Crippen LogP contribution in [0, 0.1) is 0 Å². The van der Waals surface area contributed by atoms with E-state index in [4.69, 9.17) is 0 Å². The number of hydrogen-bond acceptors (Lipinski definition) is 1. The fraction of sp³-hybridized carbons (Fsp3) is 0.125. The van der Waals surface area contributed by atoms with Crippen LogP contribution in [0.15, 0.2) is 24.3 Å². The summed E-state index contributed by atoms with van der Waals surface area (Å²) in [5, 5.41) is 0.204. The summed E-state index contributed by atoms with van der Waals surface area (Å²) in [5.41, 5.74) is 1.15. The first kappa shape index (κ1) is 9.00. The number of hydrogen-bond donors (Lipinski definition) is 0. The SMILES string of the molecule is Cl.O=C1Cc2ccccc2N1F. The van der Waals surface area contributed by atoms with Gasteiger partial charge in [0.15, 0.2) is 0 Å². The smallest absolute Gasteiger partial charge is 0.259 e. The zero-order valence-corrected chi connectivity index (χ0v) is 6.97. The van der Waals surface area contributed by atoms with Crippen LogP contribution in [-0.4, -0.2) is 5.91 Å². The number of halogens is 2. The maximum absolute atomic E-state index is 12.8. The highest BCUT2D eigenvalue weighted by Crippen LogP contribution is 2.28. The molecule has 0 atom stereocenters. The lowest BCUT2D eigenvalue weighted by Gasteiger charge is -2.01. The number of carbonyl (C=O) groups is 1. The number of amides is 1. The topological polar surface area (TPSA) is 20.3 Å². The molecule has 1 amide bonds. The van der Waals surface area contributed by atoms with Gasteiger partial charge in [-0.25, -0.2) is 0 Å². The van der Waals surface area contributed by atoms with Crippen molar-refractivity contribution in [1.29, 1.82) is 0 Å². The normalized spacial score (nSPS) is 14.1. The number of rotatable bonds is 0. The van der Waals surface area contributed by atoms with Gasteiger partial charge in [0.05, 0.1) is 12.1 Å². The first-order valence-electron chi connectivity index (χ1n) is 3.35. The van der Waals surface area contributed by atoms with E-state index in [1.807, 2.05) is 0 Å². The summed E-state index contributed by atoms with van der Waals surface area (Å²) in [6.07, 6.45) is 0.187. The molecule has 2 nitrogen and oxygen atoms in total. The van der Waals surface area contributed by atoms with E-state index < -0.39 is 5.91 Å². The Morgan fingerprint density at radius 1 is 1.33 bits per heavy atom. The average Bonchev–Trinajstić information content (AvgIpc) is 2.30. The van der Waals surface area contributed by atoms with Crippen LogP contribution in [0.4, 0.5) is 10.2 Å². The number of fused-ring (bicyclic) bond motifs is 1. The van der Waals surface area contributed by atoms with E-state index in [0.717, 1.165) is 5.56 Å². The lowest BCUT2D eigenvalue weighted by atomic mass is 10.2. The third-order valence-corrected chi connectivity index (χ3v) is 1.76. The van der Waals surface area contributed by atoms with Crippen LogP contribution < -0.4 is 5.12 Å². The van der Waals surface area contributed by atoms with Gasteiger partial charge in [0.1, 0.15) is 0 Å². The van der Waals surface area contributed by atoms with Crippen molar-refractivity contribution < 1.29 is 9.28 Å². The highest BCUT2D eigenvalue weighted by Gasteiger charge is 2.26. The fourth-order valence-electron chi connectivity index (χ4n) is 1.22. The van der Waals surface area contributed by atoms with Crippen LogP contribution in [0.25, 0.3) is 0 Å². The third kappa shape index (κ3) is 1.16. The molecule has 0 spiro atoms. The molecule has 64 valence electrons. The molecule has 0 radical (unpaired) electrons. The molecular weight excluding hydrogens is 181 g/mol. The summed E-state index contributed by atoms with van der Waals surface area (Å²) >= 11 is 0. The van der Waals surface area contributed by atoms with Crippen molar-refractivity contribution in [1.82, 2.24) is 0 Å². The molecule has 0 unspecified atom stereocenters. The standard InChI is InChI=1S/C8H6FNO.ClH/c9-10-7-4-2-1-3-6(7)5-8(10)11;/h1-4H,5H2;1H. The summed E-state index contributed by atoms with van der Waals surface area (Å²) in [6, 6.07) is 6.86. The largest absolute Gasteiger partial charge is 0.272 e. The molecule has 1 heterocycles. The van der Waals surface area contributed by atoms with E-state index in [1.54, 1.807) is 24.3 Å². The zero-order valence-electron chi connectivity index (χ0n) is 6.16. The van der Waals surface area contributed by atoms with Crippen LogP contribution in [0.1, 0.15) is 5.56 Å². The van der Waals surface area contributed by atoms with Crippen molar-refractivity contribution in [2.24, 2.45) is 0 Å². The highest BCUT2D eigenvalue weighted by atomic mass is 35.5. The van der Waals surface area contributed by atoms with Crippen LogP contribution in [0.2, 0.25) is 0 Å². The van der Waals surface area contributed by atoms with Gasteiger partial charge >= 0.3 is 0 Å². The van der Waals surface area contributed by atoms with Crippen molar-refractivity contribution in [3.63, 3.8) is 0 Å².